The summed E-state index contributed by atoms with van der Waals surface area (Å²) in [6, 6.07) is 7.91. The molecule has 0 aliphatic rings. The van der Waals surface area contributed by atoms with Crippen molar-refractivity contribution in [2.45, 2.75) is 40.0 Å². The molecular weight excluding hydrogens is 302 g/mol. The molecule has 2 N–H and O–H groups in total. The van der Waals surface area contributed by atoms with Crippen LogP contribution in [0.2, 0.25) is 0 Å². The van der Waals surface area contributed by atoms with Crippen molar-refractivity contribution in [2.75, 3.05) is 25.1 Å². The maximum absolute atomic E-state index is 12.0. The number of hydrogen-bond donors (Lipinski definition) is 2. The number of anilines is 1. The van der Waals surface area contributed by atoms with Gasteiger partial charge in [-0.1, -0.05) is 19.4 Å². The average molecular weight is 329 g/mol. The first-order valence-electron chi connectivity index (χ1n) is 8.38. The molecule has 130 valence electrons. The fourth-order valence-electron chi connectivity index (χ4n) is 2.18. The summed E-state index contributed by atoms with van der Waals surface area (Å²) >= 11 is 0. The van der Waals surface area contributed by atoms with Crippen LogP contribution in [0.15, 0.2) is 30.0 Å². The zero-order valence-corrected chi connectivity index (χ0v) is 14.8. The van der Waals surface area contributed by atoms with Gasteiger partial charge in [0, 0.05) is 31.6 Å². The monoisotopic (exact) mass is 329 g/mol. The molecule has 5 nitrogen and oxygen atoms in total. The van der Waals surface area contributed by atoms with E-state index in [0.29, 0.717) is 13.2 Å². The van der Waals surface area contributed by atoms with Gasteiger partial charge in [-0.15, -0.1) is 0 Å². The van der Waals surface area contributed by atoms with E-state index in [2.05, 4.69) is 23.6 Å². The fourth-order valence-corrected chi connectivity index (χ4v) is 2.18. The Hall–Kier alpha value is -2.32. The summed E-state index contributed by atoms with van der Waals surface area (Å²) in [5, 5.41) is 14.9. The van der Waals surface area contributed by atoms with Gasteiger partial charge in [0.15, 0.2) is 0 Å². The minimum Gasteiger partial charge on any atom is -0.381 e. The molecule has 1 amide bonds. The van der Waals surface area contributed by atoms with Gasteiger partial charge in [-0.05, 0) is 49.9 Å². The van der Waals surface area contributed by atoms with E-state index in [1.807, 2.05) is 32.0 Å². The van der Waals surface area contributed by atoms with E-state index < -0.39 is 0 Å². The molecule has 1 aromatic rings. The van der Waals surface area contributed by atoms with Gasteiger partial charge in [0.25, 0.3) is 5.91 Å². The summed E-state index contributed by atoms with van der Waals surface area (Å²) in [4.78, 5) is 12.0. The second-order valence-corrected chi connectivity index (χ2v) is 5.77. The van der Waals surface area contributed by atoms with Crippen molar-refractivity contribution < 1.29 is 9.53 Å². The van der Waals surface area contributed by atoms with Gasteiger partial charge in [0.2, 0.25) is 0 Å². The highest BCUT2D eigenvalue weighted by molar-refractivity contribution is 5.97. The largest absolute Gasteiger partial charge is 0.381 e. The number of rotatable bonds is 10. The molecule has 0 radical (unpaired) electrons. The molecule has 1 rings (SSSR count). The molecule has 0 saturated heterocycles. The van der Waals surface area contributed by atoms with E-state index in [4.69, 9.17) is 10.00 Å². The van der Waals surface area contributed by atoms with Crippen molar-refractivity contribution in [3.63, 3.8) is 0 Å². The fraction of sp³-hybridized carbons (Fsp3) is 0.474. The van der Waals surface area contributed by atoms with Crippen molar-refractivity contribution in [1.82, 2.24) is 5.32 Å². The van der Waals surface area contributed by atoms with E-state index in [1.54, 1.807) is 0 Å². The molecule has 0 spiro atoms. The van der Waals surface area contributed by atoms with Crippen molar-refractivity contribution in [1.29, 1.82) is 5.26 Å². The van der Waals surface area contributed by atoms with Crippen molar-refractivity contribution in [3.8, 4) is 6.07 Å². The SMILES string of the molecule is CCCCOCCCNC(=O)/C(C#N)=C\Nc1cc(C)cc(C)c1. The Morgan fingerprint density at radius 2 is 1.88 bits per heavy atom. The summed E-state index contributed by atoms with van der Waals surface area (Å²) in [5.41, 5.74) is 3.16. The maximum Gasteiger partial charge on any atom is 0.263 e. The molecular formula is C19H27N3O2. The number of ether oxygens (including phenoxy) is 1. The van der Waals surface area contributed by atoms with E-state index in [1.165, 1.54) is 6.20 Å². The standard InChI is InChI=1S/C19H27N3O2/c1-4-5-8-24-9-6-7-21-19(23)17(13-20)14-22-18-11-15(2)10-16(3)12-18/h10-12,14,22H,4-9H2,1-3H3,(H,21,23)/b17-14-. The topological polar surface area (TPSA) is 74.1 Å². The maximum atomic E-state index is 12.0. The lowest BCUT2D eigenvalue weighted by atomic mass is 10.1. The van der Waals surface area contributed by atoms with Crippen LogP contribution in [-0.2, 0) is 9.53 Å². The molecule has 0 aliphatic carbocycles. The highest BCUT2D eigenvalue weighted by atomic mass is 16.5. The first kappa shape index (κ1) is 19.7. The molecule has 24 heavy (non-hydrogen) atoms. The van der Waals surface area contributed by atoms with Gasteiger partial charge >= 0.3 is 0 Å². The number of carbonyl (C=O) groups is 1. The second kappa shape index (κ2) is 11.3. The smallest absolute Gasteiger partial charge is 0.263 e. The Labute approximate surface area is 144 Å². The number of nitriles is 1. The van der Waals surface area contributed by atoms with Crippen molar-refractivity contribution >= 4 is 11.6 Å². The van der Waals surface area contributed by atoms with Crippen molar-refractivity contribution in [3.05, 3.63) is 41.1 Å². The lowest BCUT2D eigenvalue weighted by Gasteiger charge is -2.07. The lowest BCUT2D eigenvalue weighted by Crippen LogP contribution is -2.26. The third-order valence-corrected chi connectivity index (χ3v) is 3.36. The predicted octanol–water partition coefficient (Wildman–Crippen LogP) is 3.45. The van der Waals surface area contributed by atoms with Gasteiger partial charge in [-0.3, -0.25) is 4.79 Å². The Morgan fingerprint density at radius 3 is 2.50 bits per heavy atom. The third-order valence-electron chi connectivity index (χ3n) is 3.36. The first-order chi connectivity index (χ1) is 11.6. The molecule has 0 fully saturated rings. The molecule has 0 bridgehead atoms. The van der Waals surface area contributed by atoms with Crippen LogP contribution in [0, 0.1) is 25.2 Å². The van der Waals surface area contributed by atoms with E-state index in [9.17, 15) is 4.79 Å². The Bertz CT molecular complexity index is 583. The van der Waals surface area contributed by atoms with Crippen molar-refractivity contribution in [2.24, 2.45) is 0 Å². The van der Waals surface area contributed by atoms with Crippen LogP contribution in [0.1, 0.15) is 37.3 Å². The highest BCUT2D eigenvalue weighted by Crippen LogP contribution is 2.14. The molecule has 0 heterocycles. The van der Waals surface area contributed by atoms with Crippen LogP contribution in [0.25, 0.3) is 0 Å². The van der Waals surface area contributed by atoms with Gasteiger partial charge in [0.1, 0.15) is 11.6 Å². The molecule has 0 aromatic heterocycles. The van der Waals surface area contributed by atoms with Crippen LogP contribution >= 0.6 is 0 Å². The molecule has 0 aliphatic heterocycles. The number of benzene rings is 1. The molecule has 5 heteroatoms. The number of nitrogens with zero attached hydrogens (tertiary/aromatic N) is 1. The minimum absolute atomic E-state index is 0.0565. The highest BCUT2D eigenvalue weighted by Gasteiger charge is 2.07. The zero-order valence-electron chi connectivity index (χ0n) is 14.8. The third kappa shape index (κ3) is 7.80. The average Bonchev–Trinajstić information content (AvgIpc) is 2.53. The van der Waals surface area contributed by atoms with Crippen LogP contribution in [0.5, 0.6) is 0 Å². The summed E-state index contributed by atoms with van der Waals surface area (Å²) in [5.74, 6) is -0.372. The van der Waals surface area contributed by atoms with E-state index in [-0.39, 0.29) is 11.5 Å². The van der Waals surface area contributed by atoms with Crippen LogP contribution < -0.4 is 10.6 Å². The first-order valence-corrected chi connectivity index (χ1v) is 8.38. The Morgan fingerprint density at radius 1 is 1.21 bits per heavy atom. The molecule has 1 aromatic carbocycles. The molecule has 0 unspecified atom stereocenters. The normalized spacial score (nSPS) is 11.0. The van der Waals surface area contributed by atoms with Gasteiger partial charge in [-0.25, -0.2) is 0 Å². The number of aryl methyl sites for hydroxylation is 2. The molecule has 0 saturated carbocycles. The molecule has 0 atom stereocenters. The number of unbranched alkanes of at least 4 members (excludes halogenated alkanes) is 1. The summed E-state index contributed by atoms with van der Waals surface area (Å²) in [6.07, 6.45) is 4.35. The summed E-state index contributed by atoms with van der Waals surface area (Å²) in [6.45, 7) is 7.99. The number of hydrogen-bond acceptors (Lipinski definition) is 4. The van der Waals surface area contributed by atoms with Gasteiger partial charge < -0.3 is 15.4 Å². The number of nitrogens with one attached hydrogen (secondary N) is 2. The van der Waals surface area contributed by atoms with Crippen LogP contribution in [0.3, 0.4) is 0 Å². The number of amides is 1. The Kier molecular flexibility index (Phi) is 9.25. The van der Waals surface area contributed by atoms with E-state index >= 15 is 0 Å². The van der Waals surface area contributed by atoms with Crippen LogP contribution in [-0.4, -0.2) is 25.7 Å². The number of carbonyl (C=O) groups excluding carboxylic acids is 1. The lowest BCUT2D eigenvalue weighted by molar-refractivity contribution is -0.117. The summed E-state index contributed by atoms with van der Waals surface area (Å²) in [7, 11) is 0. The minimum atomic E-state index is -0.372. The Balaban J connectivity index is 2.41. The van der Waals surface area contributed by atoms with Gasteiger partial charge in [-0.2, -0.15) is 5.26 Å². The zero-order chi connectivity index (χ0) is 17.8. The van der Waals surface area contributed by atoms with Crippen LogP contribution in [0.4, 0.5) is 5.69 Å². The van der Waals surface area contributed by atoms with E-state index in [0.717, 1.165) is 42.7 Å². The van der Waals surface area contributed by atoms with Gasteiger partial charge in [0.05, 0.1) is 0 Å². The second-order valence-electron chi connectivity index (χ2n) is 5.77. The summed E-state index contributed by atoms with van der Waals surface area (Å²) < 4.78 is 5.43. The quantitative estimate of drug-likeness (QED) is 0.392. The predicted molar refractivity (Wildman–Crippen MR) is 96.6 cm³/mol.